The second-order valence-corrected chi connectivity index (χ2v) is 8.40. The van der Waals surface area contributed by atoms with Gasteiger partial charge < -0.3 is 24.8 Å². The van der Waals surface area contributed by atoms with Crippen LogP contribution in [0.25, 0.3) is 11.3 Å². The Kier molecular flexibility index (Phi) is 5.99. The van der Waals surface area contributed by atoms with E-state index in [4.69, 9.17) is 14.2 Å². The summed E-state index contributed by atoms with van der Waals surface area (Å²) in [5.41, 5.74) is 1.88. The number of aromatic nitrogens is 2. The molecule has 1 amide bonds. The van der Waals surface area contributed by atoms with E-state index < -0.39 is 6.10 Å². The molecule has 2 N–H and O–H groups in total. The Morgan fingerprint density at radius 3 is 2.65 bits per heavy atom. The second kappa shape index (κ2) is 9.20. The fraction of sp³-hybridized carbons (Fsp3) is 0.522. The maximum Gasteiger partial charge on any atom is 0.407 e. The van der Waals surface area contributed by atoms with Crippen molar-refractivity contribution in [2.24, 2.45) is 0 Å². The minimum absolute atomic E-state index is 0.106. The monoisotopic (exact) mass is 424 g/mol. The number of fused-ring (bicyclic) bond motifs is 1. The van der Waals surface area contributed by atoms with Gasteiger partial charge in [0.2, 0.25) is 5.95 Å². The van der Waals surface area contributed by atoms with Crippen molar-refractivity contribution >= 4 is 12.0 Å². The SMILES string of the molecule is O=C(NC1CCCCC1)O[C@@H]1CO[C@H]2[C@@H]1OC[C@@H]2Nc1nccc(-c2ccccc2)n1. The predicted molar refractivity (Wildman–Crippen MR) is 115 cm³/mol. The third-order valence-corrected chi connectivity index (χ3v) is 6.23. The van der Waals surface area contributed by atoms with E-state index in [0.717, 1.165) is 36.9 Å². The lowest BCUT2D eigenvalue weighted by molar-refractivity contribution is 0.00314. The van der Waals surface area contributed by atoms with E-state index in [1.165, 1.54) is 6.42 Å². The number of carbonyl (C=O) groups is 1. The van der Waals surface area contributed by atoms with E-state index in [1.54, 1.807) is 6.20 Å². The van der Waals surface area contributed by atoms with Crippen molar-refractivity contribution in [2.45, 2.75) is 62.5 Å². The van der Waals surface area contributed by atoms with Gasteiger partial charge in [0.05, 0.1) is 24.9 Å². The molecule has 2 aliphatic heterocycles. The van der Waals surface area contributed by atoms with Crippen molar-refractivity contribution in [3.8, 4) is 11.3 Å². The first-order chi connectivity index (χ1) is 15.3. The van der Waals surface area contributed by atoms with Gasteiger partial charge in [0.25, 0.3) is 0 Å². The van der Waals surface area contributed by atoms with Crippen molar-refractivity contribution in [1.29, 1.82) is 0 Å². The summed E-state index contributed by atoms with van der Waals surface area (Å²) in [6.07, 6.45) is 6.06. The first-order valence-corrected chi connectivity index (χ1v) is 11.1. The van der Waals surface area contributed by atoms with Gasteiger partial charge in [0, 0.05) is 17.8 Å². The highest BCUT2D eigenvalue weighted by atomic mass is 16.6. The lowest BCUT2D eigenvalue weighted by Gasteiger charge is -2.24. The highest BCUT2D eigenvalue weighted by Gasteiger charge is 2.49. The summed E-state index contributed by atoms with van der Waals surface area (Å²) in [7, 11) is 0. The molecule has 0 unspecified atom stereocenters. The lowest BCUT2D eigenvalue weighted by Crippen LogP contribution is -2.42. The molecule has 5 rings (SSSR count). The number of anilines is 1. The number of hydrogen-bond donors (Lipinski definition) is 2. The van der Waals surface area contributed by atoms with Gasteiger partial charge in [-0.3, -0.25) is 0 Å². The molecule has 1 aliphatic carbocycles. The molecular weight excluding hydrogens is 396 g/mol. The van der Waals surface area contributed by atoms with Crippen LogP contribution in [0, 0.1) is 0 Å². The third-order valence-electron chi connectivity index (χ3n) is 6.23. The Morgan fingerprint density at radius 1 is 1.00 bits per heavy atom. The number of carbonyl (C=O) groups excluding carboxylic acids is 1. The van der Waals surface area contributed by atoms with Crippen molar-refractivity contribution in [3.63, 3.8) is 0 Å². The molecular formula is C23H28N4O4. The van der Waals surface area contributed by atoms with Crippen LogP contribution in [0.5, 0.6) is 0 Å². The number of nitrogens with zero attached hydrogens (tertiary/aromatic N) is 2. The van der Waals surface area contributed by atoms with E-state index in [2.05, 4.69) is 20.6 Å². The van der Waals surface area contributed by atoms with Gasteiger partial charge in [-0.1, -0.05) is 49.6 Å². The molecule has 3 fully saturated rings. The topological polar surface area (TPSA) is 94.6 Å². The zero-order chi connectivity index (χ0) is 21.0. The van der Waals surface area contributed by atoms with Crippen LogP contribution in [0.4, 0.5) is 10.7 Å². The van der Waals surface area contributed by atoms with Crippen molar-refractivity contribution in [3.05, 3.63) is 42.6 Å². The number of nitrogens with one attached hydrogen (secondary N) is 2. The first kappa shape index (κ1) is 20.2. The number of alkyl carbamates (subject to hydrolysis) is 1. The Balaban J connectivity index is 1.17. The minimum Gasteiger partial charge on any atom is -0.441 e. The van der Waals surface area contributed by atoms with Crippen LogP contribution in [0.15, 0.2) is 42.6 Å². The van der Waals surface area contributed by atoms with Gasteiger partial charge in [-0.25, -0.2) is 14.8 Å². The normalized spacial score (nSPS) is 28.1. The summed E-state index contributed by atoms with van der Waals surface area (Å²) in [5.74, 6) is 0.526. The molecule has 1 saturated carbocycles. The van der Waals surface area contributed by atoms with E-state index in [0.29, 0.717) is 19.2 Å². The van der Waals surface area contributed by atoms with Crippen LogP contribution in [0.3, 0.4) is 0 Å². The summed E-state index contributed by atoms with van der Waals surface area (Å²) in [4.78, 5) is 21.3. The summed E-state index contributed by atoms with van der Waals surface area (Å²) in [5, 5.41) is 6.32. The third kappa shape index (κ3) is 4.65. The summed E-state index contributed by atoms with van der Waals surface area (Å²) >= 11 is 0. The molecule has 31 heavy (non-hydrogen) atoms. The number of ether oxygens (including phenoxy) is 3. The van der Waals surface area contributed by atoms with Crippen molar-refractivity contribution in [1.82, 2.24) is 15.3 Å². The Labute approximate surface area is 181 Å². The van der Waals surface area contributed by atoms with Crippen LogP contribution >= 0.6 is 0 Å². The molecule has 0 spiro atoms. The Hall–Kier alpha value is -2.71. The second-order valence-electron chi connectivity index (χ2n) is 8.40. The van der Waals surface area contributed by atoms with Gasteiger partial charge in [-0.15, -0.1) is 0 Å². The Bertz CT molecular complexity index is 890. The smallest absolute Gasteiger partial charge is 0.407 e. The molecule has 8 heteroatoms. The zero-order valence-electron chi connectivity index (χ0n) is 17.4. The maximum atomic E-state index is 12.3. The molecule has 2 saturated heterocycles. The number of hydrogen-bond acceptors (Lipinski definition) is 7. The minimum atomic E-state index is -0.406. The van der Waals surface area contributed by atoms with Gasteiger partial charge in [-0.2, -0.15) is 0 Å². The molecule has 3 aliphatic rings. The van der Waals surface area contributed by atoms with Gasteiger partial charge in [0.1, 0.15) is 12.2 Å². The van der Waals surface area contributed by atoms with Crippen molar-refractivity contribution in [2.75, 3.05) is 18.5 Å². The predicted octanol–water partition coefficient (Wildman–Crippen LogP) is 3.15. The molecule has 0 radical (unpaired) electrons. The maximum absolute atomic E-state index is 12.3. The Morgan fingerprint density at radius 2 is 1.81 bits per heavy atom. The molecule has 3 heterocycles. The fourth-order valence-corrected chi connectivity index (χ4v) is 4.64. The quantitative estimate of drug-likeness (QED) is 0.761. The lowest BCUT2D eigenvalue weighted by atomic mass is 9.96. The highest BCUT2D eigenvalue weighted by molar-refractivity contribution is 5.68. The van der Waals surface area contributed by atoms with Gasteiger partial charge in [-0.05, 0) is 18.9 Å². The van der Waals surface area contributed by atoms with Crippen LogP contribution in [-0.4, -0.2) is 59.7 Å². The summed E-state index contributed by atoms with van der Waals surface area (Å²) in [6.45, 7) is 0.773. The number of amides is 1. The van der Waals surface area contributed by atoms with Crippen LogP contribution < -0.4 is 10.6 Å². The van der Waals surface area contributed by atoms with E-state index in [1.807, 2.05) is 36.4 Å². The van der Waals surface area contributed by atoms with Gasteiger partial charge in [0.15, 0.2) is 6.10 Å². The van der Waals surface area contributed by atoms with E-state index in [9.17, 15) is 4.79 Å². The summed E-state index contributed by atoms with van der Waals surface area (Å²) < 4.78 is 17.5. The van der Waals surface area contributed by atoms with Crippen LogP contribution in [-0.2, 0) is 14.2 Å². The molecule has 1 aromatic carbocycles. The molecule has 2 aromatic rings. The van der Waals surface area contributed by atoms with Crippen LogP contribution in [0.2, 0.25) is 0 Å². The molecule has 4 atom stereocenters. The zero-order valence-corrected chi connectivity index (χ0v) is 17.4. The van der Waals surface area contributed by atoms with Crippen molar-refractivity contribution < 1.29 is 19.0 Å². The molecule has 164 valence electrons. The highest BCUT2D eigenvalue weighted by Crippen LogP contribution is 2.30. The molecule has 1 aromatic heterocycles. The fourth-order valence-electron chi connectivity index (χ4n) is 4.64. The average Bonchev–Trinajstić information content (AvgIpc) is 3.39. The van der Waals surface area contributed by atoms with Crippen LogP contribution in [0.1, 0.15) is 32.1 Å². The molecule has 0 bridgehead atoms. The first-order valence-electron chi connectivity index (χ1n) is 11.1. The van der Waals surface area contributed by atoms with E-state index >= 15 is 0 Å². The average molecular weight is 425 g/mol. The van der Waals surface area contributed by atoms with Gasteiger partial charge >= 0.3 is 6.09 Å². The number of benzene rings is 1. The molecule has 8 nitrogen and oxygen atoms in total. The number of rotatable bonds is 5. The standard InChI is InChI=1S/C23H28N4O4/c28-23(25-16-9-5-2-6-10-16)31-19-14-30-20-18(13-29-21(19)20)27-22-24-12-11-17(26-22)15-7-3-1-4-8-15/h1,3-4,7-8,11-12,16,18-21H,2,5-6,9-10,13-14H2,(H,25,28)(H,24,26,27)/t18-,19+,20+,21+/m0/s1. The summed E-state index contributed by atoms with van der Waals surface area (Å²) in [6, 6.07) is 12.0. The van der Waals surface area contributed by atoms with E-state index in [-0.39, 0.29) is 30.4 Å². The largest absolute Gasteiger partial charge is 0.441 e.